The quantitative estimate of drug-likeness (QED) is 0.689. The van der Waals surface area contributed by atoms with Crippen LogP contribution in [0.25, 0.3) is 0 Å². The Morgan fingerprint density at radius 1 is 1.29 bits per heavy atom. The van der Waals surface area contributed by atoms with Crippen LogP contribution in [0.4, 0.5) is 10.3 Å². The van der Waals surface area contributed by atoms with E-state index >= 15 is 0 Å². The van der Waals surface area contributed by atoms with Crippen molar-refractivity contribution < 1.29 is 4.39 Å². The monoisotopic (exact) mass is 197 g/mol. The van der Waals surface area contributed by atoms with Gasteiger partial charge in [0.1, 0.15) is 6.17 Å². The van der Waals surface area contributed by atoms with Gasteiger partial charge in [-0.1, -0.05) is 13.8 Å². The van der Waals surface area contributed by atoms with Crippen LogP contribution in [0.15, 0.2) is 12.4 Å². The fourth-order valence-corrected chi connectivity index (χ4v) is 1.14. The molecular formula is C10H16FN3. The van der Waals surface area contributed by atoms with Crippen molar-refractivity contribution in [3.8, 4) is 0 Å². The Labute approximate surface area is 84.0 Å². The first kappa shape index (κ1) is 10.9. The zero-order chi connectivity index (χ0) is 10.6. The molecule has 0 saturated carbocycles. The number of hydrogen-bond donors (Lipinski definition) is 0. The zero-order valence-electron chi connectivity index (χ0n) is 8.87. The van der Waals surface area contributed by atoms with Crippen molar-refractivity contribution in [2.24, 2.45) is 0 Å². The van der Waals surface area contributed by atoms with Gasteiger partial charge in [0.15, 0.2) is 0 Å². The second-order valence-electron chi connectivity index (χ2n) is 3.06. The van der Waals surface area contributed by atoms with Crippen LogP contribution in [0.1, 0.15) is 19.4 Å². The molecule has 78 valence electrons. The van der Waals surface area contributed by atoms with Crippen molar-refractivity contribution in [2.45, 2.75) is 26.9 Å². The number of aryl methyl sites for hydroxylation is 1. The highest BCUT2D eigenvalue weighted by Gasteiger charge is 2.27. The van der Waals surface area contributed by atoms with E-state index in [-0.39, 0.29) is 0 Å². The second kappa shape index (κ2) is 4.88. The van der Waals surface area contributed by atoms with E-state index in [4.69, 9.17) is 0 Å². The Morgan fingerprint density at radius 3 is 2.21 bits per heavy atom. The first-order valence-electron chi connectivity index (χ1n) is 4.93. The maximum Gasteiger partial charge on any atom is 0.225 e. The average Bonchev–Trinajstić information content (AvgIpc) is 2.18. The normalized spacial score (nSPS) is 15.6. The van der Waals surface area contributed by atoms with Gasteiger partial charge >= 0.3 is 0 Å². The number of nitrogens with zero attached hydrogens (tertiary/aromatic N) is 3. The molecule has 0 aromatic carbocycles. The molecule has 4 heteroatoms. The standard InChI is InChI=1S/C8H10FN3.C2H6/c1-6-2-10-8(11-3-6)12-4-7(9)5-12;1-2/h2-3,7H,4-5H2,1H3;1-2H3. The third kappa shape index (κ3) is 2.40. The largest absolute Gasteiger partial charge is 0.335 e. The third-order valence-electron chi connectivity index (χ3n) is 1.89. The van der Waals surface area contributed by atoms with Crippen LogP contribution in [0.5, 0.6) is 0 Å². The zero-order valence-corrected chi connectivity index (χ0v) is 8.87. The van der Waals surface area contributed by atoms with Crippen LogP contribution in [0.2, 0.25) is 0 Å². The van der Waals surface area contributed by atoms with Gasteiger partial charge in [0.05, 0.1) is 13.1 Å². The van der Waals surface area contributed by atoms with Crippen molar-refractivity contribution in [2.75, 3.05) is 18.0 Å². The van der Waals surface area contributed by atoms with Gasteiger partial charge in [-0.15, -0.1) is 0 Å². The molecule has 1 saturated heterocycles. The van der Waals surface area contributed by atoms with Crippen molar-refractivity contribution >= 4 is 5.95 Å². The molecule has 1 aliphatic heterocycles. The topological polar surface area (TPSA) is 29.0 Å². The Balaban J connectivity index is 0.000000461. The molecule has 0 N–H and O–H groups in total. The molecule has 1 aromatic heterocycles. The molecule has 1 fully saturated rings. The van der Waals surface area contributed by atoms with E-state index in [0.29, 0.717) is 19.0 Å². The molecule has 2 rings (SSSR count). The van der Waals surface area contributed by atoms with E-state index in [1.807, 2.05) is 25.7 Å². The number of anilines is 1. The lowest BCUT2D eigenvalue weighted by Crippen LogP contribution is -2.49. The summed E-state index contributed by atoms with van der Waals surface area (Å²) in [6.07, 6.45) is 2.79. The molecule has 0 aliphatic carbocycles. The molecule has 0 unspecified atom stereocenters. The molecule has 0 bridgehead atoms. The highest BCUT2D eigenvalue weighted by molar-refractivity contribution is 5.34. The van der Waals surface area contributed by atoms with E-state index in [2.05, 4.69) is 9.97 Å². The SMILES string of the molecule is CC.Cc1cnc(N2CC(F)C2)nc1. The molecule has 1 aliphatic rings. The third-order valence-corrected chi connectivity index (χ3v) is 1.89. The summed E-state index contributed by atoms with van der Waals surface area (Å²) in [4.78, 5) is 9.99. The number of alkyl halides is 1. The summed E-state index contributed by atoms with van der Waals surface area (Å²) in [5.41, 5.74) is 1.02. The van der Waals surface area contributed by atoms with Crippen LogP contribution in [-0.4, -0.2) is 29.2 Å². The van der Waals surface area contributed by atoms with E-state index in [1.165, 1.54) is 0 Å². The minimum Gasteiger partial charge on any atom is -0.335 e. The lowest BCUT2D eigenvalue weighted by molar-refractivity contribution is 0.272. The predicted molar refractivity (Wildman–Crippen MR) is 55.2 cm³/mol. The summed E-state index contributed by atoms with van der Waals surface area (Å²) in [5.74, 6) is 0.634. The number of halogens is 1. The molecule has 0 amide bonds. The molecule has 0 atom stereocenters. The number of hydrogen-bond acceptors (Lipinski definition) is 3. The van der Waals surface area contributed by atoms with Crippen molar-refractivity contribution in [3.05, 3.63) is 18.0 Å². The Kier molecular flexibility index (Phi) is 3.80. The Hall–Kier alpha value is -1.19. The Morgan fingerprint density at radius 2 is 1.79 bits per heavy atom. The molecule has 1 aromatic rings. The van der Waals surface area contributed by atoms with Crippen molar-refractivity contribution in [3.63, 3.8) is 0 Å². The summed E-state index contributed by atoms with van der Waals surface area (Å²) in [6, 6.07) is 0. The van der Waals surface area contributed by atoms with Gasteiger partial charge in [-0.25, -0.2) is 14.4 Å². The van der Waals surface area contributed by atoms with Crippen molar-refractivity contribution in [1.29, 1.82) is 0 Å². The fourth-order valence-electron chi connectivity index (χ4n) is 1.14. The first-order valence-corrected chi connectivity index (χ1v) is 4.93. The van der Waals surface area contributed by atoms with Crippen LogP contribution < -0.4 is 4.90 Å². The van der Waals surface area contributed by atoms with Gasteiger partial charge in [-0.05, 0) is 12.5 Å². The summed E-state index contributed by atoms with van der Waals surface area (Å²) in [6.45, 7) is 6.80. The van der Waals surface area contributed by atoms with Crippen LogP contribution in [0, 0.1) is 6.92 Å². The summed E-state index contributed by atoms with van der Waals surface area (Å²) < 4.78 is 12.4. The molecule has 0 spiro atoms. The summed E-state index contributed by atoms with van der Waals surface area (Å²) in [7, 11) is 0. The summed E-state index contributed by atoms with van der Waals surface area (Å²) in [5, 5.41) is 0. The molecule has 14 heavy (non-hydrogen) atoms. The van der Waals surface area contributed by atoms with Gasteiger partial charge in [-0.3, -0.25) is 0 Å². The van der Waals surface area contributed by atoms with E-state index in [1.54, 1.807) is 12.4 Å². The fraction of sp³-hybridized carbons (Fsp3) is 0.600. The number of aromatic nitrogens is 2. The lowest BCUT2D eigenvalue weighted by atomic mass is 10.2. The van der Waals surface area contributed by atoms with E-state index < -0.39 is 6.17 Å². The highest BCUT2D eigenvalue weighted by Crippen LogP contribution is 2.17. The first-order chi connectivity index (χ1) is 6.75. The van der Waals surface area contributed by atoms with Gasteiger partial charge < -0.3 is 4.90 Å². The smallest absolute Gasteiger partial charge is 0.225 e. The van der Waals surface area contributed by atoms with E-state index in [9.17, 15) is 4.39 Å². The van der Waals surface area contributed by atoms with Crippen molar-refractivity contribution in [1.82, 2.24) is 9.97 Å². The van der Waals surface area contributed by atoms with Crippen LogP contribution >= 0.6 is 0 Å². The molecular weight excluding hydrogens is 181 g/mol. The maximum absolute atomic E-state index is 12.4. The van der Waals surface area contributed by atoms with Gasteiger partial charge in [0.25, 0.3) is 0 Å². The minimum atomic E-state index is -0.699. The predicted octanol–water partition coefficient (Wildman–Crippen LogP) is 1.97. The van der Waals surface area contributed by atoms with Gasteiger partial charge in [0.2, 0.25) is 5.95 Å². The molecule has 3 nitrogen and oxygen atoms in total. The highest BCUT2D eigenvalue weighted by atomic mass is 19.1. The average molecular weight is 197 g/mol. The molecule has 2 heterocycles. The second-order valence-corrected chi connectivity index (χ2v) is 3.06. The van der Waals surface area contributed by atoms with Crippen LogP contribution in [-0.2, 0) is 0 Å². The van der Waals surface area contributed by atoms with Gasteiger partial charge in [0, 0.05) is 12.4 Å². The van der Waals surface area contributed by atoms with Crippen LogP contribution in [0.3, 0.4) is 0 Å². The number of rotatable bonds is 1. The minimum absolute atomic E-state index is 0.434. The molecule has 0 radical (unpaired) electrons. The lowest BCUT2D eigenvalue weighted by Gasteiger charge is -2.34. The maximum atomic E-state index is 12.4. The van der Waals surface area contributed by atoms with Gasteiger partial charge in [-0.2, -0.15) is 0 Å². The van der Waals surface area contributed by atoms with E-state index in [0.717, 1.165) is 5.56 Å². The summed E-state index contributed by atoms with van der Waals surface area (Å²) >= 11 is 0. The Bertz CT molecular complexity index is 267.